The molecule has 0 saturated carbocycles. The molecule has 0 atom stereocenters. The quantitative estimate of drug-likeness (QED) is 0.652. The lowest BCUT2D eigenvalue weighted by Gasteiger charge is -2.02. The molecule has 1 rings (SSSR count). The van der Waals surface area contributed by atoms with Crippen molar-refractivity contribution in [3.05, 3.63) is 17.8 Å². The highest BCUT2D eigenvalue weighted by Gasteiger charge is 2.06. The fourth-order valence-electron chi connectivity index (χ4n) is 1.07. The predicted octanol–water partition coefficient (Wildman–Crippen LogP) is 0.557. The second-order valence-electron chi connectivity index (χ2n) is 2.82. The van der Waals surface area contributed by atoms with Crippen molar-refractivity contribution in [1.82, 2.24) is 10.3 Å². The maximum Gasteiger partial charge on any atom is 0.181 e. The molecule has 80 valence electrons. The second kappa shape index (κ2) is 6.53. The van der Waals surface area contributed by atoms with Gasteiger partial charge in [-0.15, -0.1) is 0 Å². The van der Waals surface area contributed by atoms with Gasteiger partial charge in [0.1, 0.15) is 6.61 Å². The van der Waals surface area contributed by atoms with Gasteiger partial charge in [0.05, 0.1) is 12.3 Å². The number of rotatable bonds is 7. The molecule has 0 bridgehead atoms. The normalized spacial score (nSPS) is 10.7. The molecule has 14 heavy (non-hydrogen) atoms. The Bertz CT molecular complexity index is 250. The van der Waals surface area contributed by atoms with Gasteiger partial charge in [0.15, 0.2) is 12.2 Å². The van der Waals surface area contributed by atoms with Crippen LogP contribution in [0, 0.1) is 0 Å². The molecule has 0 aliphatic heterocycles. The third kappa shape index (κ3) is 3.45. The average Bonchev–Trinajstić information content (AvgIpc) is 2.61. The summed E-state index contributed by atoms with van der Waals surface area (Å²) in [6.07, 6.45) is 1.43. The number of methoxy groups -OCH3 is 2. The molecular formula is C9H16N2O3. The fraction of sp³-hybridized carbons (Fsp3) is 0.667. The highest BCUT2D eigenvalue weighted by atomic mass is 16.5. The summed E-state index contributed by atoms with van der Waals surface area (Å²) < 4.78 is 15.0. The summed E-state index contributed by atoms with van der Waals surface area (Å²) in [6.45, 7) is 2.63. The summed E-state index contributed by atoms with van der Waals surface area (Å²) in [5.74, 6) is 0.775. The van der Waals surface area contributed by atoms with E-state index in [1.165, 1.54) is 6.39 Å². The van der Waals surface area contributed by atoms with Crippen LogP contribution in [0.2, 0.25) is 0 Å². The summed E-state index contributed by atoms with van der Waals surface area (Å²) in [6, 6.07) is 0. The molecule has 1 heterocycles. The molecule has 5 heteroatoms. The van der Waals surface area contributed by atoms with E-state index in [2.05, 4.69) is 10.3 Å². The molecule has 0 aliphatic rings. The number of ether oxygens (including phenoxy) is 2. The molecule has 0 aromatic carbocycles. The zero-order chi connectivity index (χ0) is 10.2. The molecule has 0 amide bonds. The first-order chi connectivity index (χ1) is 6.88. The van der Waals surface area contributed by atoms with Crippen LogP contribution in [0.15, 0.2) is 10.8 Å². The first-order valence-electron chi connectivity index (χ1n) is 4.48. The topological polar surface area (TPSA) is 56.5 Å². The van der Waals surface area contributed by atoms with E-state index < -0.39 is 0 Å². The zero-order valence-electron chi connectivity index (χ0n) is 8.58. The third-order valence-corrected chi connectivity index (χ3v) is 1.78. The van der Waals surface area contributed by atoms with Crippen LogP contribution in [0.25, 0.3) is 0 Å². The van der Waals surface area contributed by atoms with Crippen molar-refractivity contribution in [2.45, 2.75) is 13.2 Å². The molecule has 1 N–H and O–H groups in total. The minimum Gasteiger partial charge on any atom is -0.446 e. The molecule has 0 radical (unpaired) electrons. The van der Waals surface area contributed by atoms with Crippen molar-refractivity contribution in [2.75, 3.05) is 27.4 Å². The van der Waals surface area contributed by atoms with Crippen LogP contribution in [0.3, 0.4) is 0 Å². The molecule has 1 aromatic rings. The largest absolute Gasteiger partial charge is 0.446 e. The Morgan fingerprint density at radius 2 is 2.29 bits per heavy atom. The molecule has 0 spiro atoms. The van der Waals surface area contributed by atoms with E-state index in [-0.39, 0.29) is 0 Å². The first-order valence-corrected chi connectivity index (χ1v) is 4.48. The standard InChI is InChI=1S/C9H16N2O3/c1-12-4-3-10-5-8-9(6-13-2)14-7-11-8/h7,10H,3-6H2,1-2H3. The maximum atomic E-state index is 5.15. The lowest BCUT2D eigenvalue weighted by atomic mass is 10.3. The van der Waals surface area contributed by atoms with E-state index in [1.54, 1.807) is 14.2 Å². The van der Waals surface area contributed by atoms with Crippen LogP contribution in [-0.2, 0) is 22.6 Å². The third-order valence-electron chi connectivity index (χ3n) is 1.78. The average molecular weight is 200 g/mol. The van der Waals surface area contributed by atoms with Crippen LogP contribution >= 0.6 is 0 Å². The molecule has 1 aromatic heterocycles. The van der Waals surface area contributed by atoms with Gasteiger partial charge < -0.3 is 19.2 Å². The van der Waals surface area contributed by atoms with Gasteiger partial charge >= 0.3 is 0 Å². The molecule has 0 saturated heterocycles. The van der Waals surface area contributed by atoms with Crippen LogP contribution in [0.5, 0.6) is 0 Å². The molecule has 0 unspecified atom stereocenters. The van der Waals surface area contributed by atoms with Crippen molar-refractivity contribution in [3.8, 4) is 0 Å². The molecule has 0 aliphatic carbocycles. The van der Waals surface area contributed by atoms with Crippen LogP contribution in [-0.4, -0.2) is 32.4 Å². The van der Waals surface area contributed by atoms with Gasteiger partial charge in [-0.25, -0.2) is 4.98 Å². The highest BCUT2D eigenvalue weighted by Crippen LogP contribution is 2.07. The van der Waals surface area contributed by atoms with Gasteiger partial charge in [0.2, 0.25) is 0 Å². The number of hydrogen-bond donors (Lipinski definition) is 1. The molecule has 0 fully saturated rings. The Morgan fingerprint density at radius 1 is 1.43 bits per heavy atom. The lowest BCUT2D eigenvalue weighted by molar-refractivity contribution is 0.163. The number of nitrogens with one attached hydrogen (secondary N) is 1. The number of oxazole rings is 1. The van der Waals surface area contributed by atoms with Crippen LogP contribution < -0.4 is 5.32 Å². The van der Waals surface area contributed by atoms with E-state index in [0.717, 1.165) is 18.0 Å². The Morgan fingerprint density at radius 3 is 3.00 bits per heavy atom. The number of aromatic nitrogens is 1. The Labute approximate surface area is 83.4 Å². The van der Waals surface area contributed by atoms with Crippen molar-refractivity contribution >= 4 is 0 Å². The Balaban J connectivity index is 2.30. The van der Waals surface area contributed by atoms with Crippen molar-refractivity contribution in [2.24, 2.45) is 0 Å². The summed E-state index contributed by atoms with van der Waals surface area (Å²) in [5.41, 5.74) is 0.892. The first kappa shape index (κ1) is 11.2. The van der Waals surface area contributed by atoms with E-state index in [1.807, 2.05) is 0 Å². The Hall–Kier alpha value is -0.910. The van der Waals surface area contributed by atoms with Gasteiger partial charge in [-0.2, -0.15) is 0 Å². The summed E-state index contributed by atoms with van der Waals surface area (Å²) in [7, 11) is 3.30. The van der Waals surface area contributed by atoms with Crippen molar-refractivity contribution in [3.63, 3.8) is 0 Å². The minimum atomic E-state index is 0.460. The molecule has 5 nitrogen and oxygen atoms in total. The zero-order valence-corrected chi connectivity index (χ0v) is 8.58. The van der Waals surface area contributed by atoms with E-state index in [4.69, 9.17) is 13.9 Å². The molecular weight excluding hydrogens is 184 g/mol. The van der Waals surface area contributed by atoms with Gasteiger partial charge in [-0.3, -0.25) is 0 Å². The Kier molecular flexibility index (Phi) is 5.21. The SMILES string of the molecule is COCCNCc1ncoc1COC. The maximum absolute atomic E-state index is 5.15. The smallest absolute Gasteiger partial charge is 0.181 e. The summed E-state index contributed by atoms with van der Waals surface area (Å²) in [5, 5.41) is 3.18. The van der Waals surface area contributed by atoms with Crippen LogP contribution in [0.1, 0.15) is 11.5 Å². The van der Waals surface area contributed by atoms with Crippen molar-refractivity contribution in [1.29, 1.82) is 0 Å². The van der Waals surface area contributed by atoms with E-state index >= 15 is 0 Å². The van der Waals surface area contributed by atoms with Gasteiger partial charge in [-0.05, 0) is 0 Å². The van der Waals surface area contributed by atoms with Gasteiger partial charge in [-0.1, -0.05) is 0 Å². The van der Waals surface area contributed by atoms with Gasteiger partial charge in [0, 0.05) is 27.3 Å². The van der Waals surface area contributed by atoms with Gasteiger partial charge in [0.25, 0.3) is 0 Å². The van der Waals surface area contributed by atoms with Crippen molar-refractivity contribution < 1.29 is 13.9 Å². The van der Waals surface area contributed by atoms with E-state index in [0.29, 0.717) is 19.8 Å². The number of nitrogens with zero attached hydrogens (tertiary/aromatic N) is 1. The fourth-order valence-corrected chi connectivity index (χ4v) is 1.07. The summed E-state index contributed by atoms with van der Waals surface area (Å²) in [4.78, 5) is 4.08. The van der Waals surface area contributed by atoms with E-state index in [9.17, 15) is 0 Å². The number of hydrogen-bond acceptors (Lipinski definition) is 5. The monoisotopic (exact) mass is 200 g/mol. The summed E-state index contributed by atoms with van der Waals surface area (Å²) >= 11 is 0. The lowest BCUT2D eigenvalue weighted by Crippen LogP contribution is -2.19. The minimum absolute atomic E-state index is 0.460. The predicted molar refractivity (Wildman–Crippen MR) is 50.8 cm³/mol. The highest BCUT2D eigenvalue weighted by molar-refractivity contribution is 5.05. The second-order valence-corrected chi connectivity index (χ2v) is 2.82. The van der Waals surface area contributed by atoms with Crippen LogP contribution in [0.4, 0.5) is 0 Å².